The number of nitrogens with zero attached hydrogens (tertiary/aromatic N) is 4. The Bertz CT molecular complexity index is 1080. The van der Waals surface area contributed by atoms with Crippen LogP contribution in [0.4, 0.5) is 13.2 Å². The number of halogens is 3. The van der Waals surface area contributed by atoms with Gasteiger partial charge in [0.05, 0.1) is 17.5 Å². The summed E-state index contributed by atoms with van der Waals surface area (Å²) in [5, 5.41) is 13.2. The minimum atomic E-state index is -4.44. The minimum Gasteiger partial charge on any atom is -0.327 e. The SMILES string of the molecule is CC(C)c1c(-c2ccc(C(F)(F)F)cc2)n(C)c2c(C#N)cnn2c1=O. The number of hydrogen-bond donors (Lipinski definition) is 0. The van der Waals surface area contributed by atoms with Gasteiger partial charge in [0.15, 0.2) is 5.65 Å². The minimum absolute atomic E-state index is 0.190. The first-order valence-electron chi connectivity index (χ1n) is 7.85. The molecule has 0 amide bonds. The molecule has 0 bridgehead atoms. The molecule has 0 fully saturated rings. The molecular weight excluding hydrogens is 345 g/mol. The lowest BCUT2D eigenvalue weighted by atomic mass is 9.97. The summed E-state index contributed by atoms with van der Waals surface area (Å²) in [7, 11) is 1.66. The van der Waals surface area contributed by atoms with Crippen LogP contribution in [0.5, 0.6) is 0 Å². The summed E-state index contributed by atoms with van der Waals surface area (Å²) in [6, 6.07) is 6.62. The van der Waals surface area contributed by atoms with Crippen LogP contribution in [0.3, 0.4) is 0 Å². The number of nitriles is 1. The molecule has 0 N–H and O–H groups in total. The van der Waals surface area contributed by atoms with Crippen molar-refractivity contribution in [2.45, 2.75) is 25.9 Å². The molecule has 3 aromatic rings. The quantitative estimate of drug-likeness (QED) is 0.700. The molecule has 0 unspecified atom stereocenters. The summed E-state index contributed by atoms with van der Waals surface area (Å²) in [6.07, 6.45) is -3.13. The van der Waals surface area contributed by atoms with Gasteiger partial charge in [0, 0.05) is 12.6 Å². The molecule has 2 heterocycles. The Morgan fingerprint density at radius 2 is 1.81 bits per heavy atom. The average Bonchev–Trinajstić information content (AvgIpc) is 3.01. The molecule has 0 aliphatic rings. The van der Waals surface area contributed by atoms with Crippen LogP contribution in [0.2, 0.25) is 0 Å². The van der Waals surface area contributed by atoms with E-state index in [1.54, 1.807) is 11.6 Å². The van der Waals surface area contributed by atoms with E-state index in [0.717, 1.165) is 16.6 Å². The van der Waals surface area contributed by atoms with Gasteiger partial charge in [-0.2, -0.15) is 28.0 Å². The molecule has 26 heavy (non-hydrogen) atoms. The molecule has 0 atom stereocenters. The summed E-state index contributed by atoms with van der Waals surface area (Å²) < 4.78 is 41.3. The van der Waals surface area contributed by atoms with Crippen molar-refractivity contribution in [3.63, 3.8) is 0 Å². The van der Waals surface area contributed by atoms with E-state index in [9.17, 15) is 23.2 Å². The van der Waals surface area contributed by atoms with E-state index in [1.165, 1.54) is 18.3 Å². The van der Waals surface area contributed by atoms with Crippen LogP contribution in [0.25, 0.3) is 16.9 Å². The van der Waals surface area contributed by atoms with Crippen molar-refractivity contribution in [2.75, 3.05) is 0 Å². The maximum atomic E-state index is 12.9. The highest BCUT2D eigenvalue weighted by atomic mass is 19.4. The Balaban J connectivity index is 2.38. The van der Waals surface area contributed by atoms with Crippen LogP contribution in [-0.2, 0) is 13.2 Å². The fraction of sp³-hybridized carbons (Fsp3) is 0.278. The van der Waals surface area contributed by atoms with Crippen LogP contribution < -0.4 is 5.56 Å². The Morgan fingerprint density at radius 1 is 1.19 bits per heavy atom. The van der Waals surface area contributed by atoms with Crippen LogP contribution in [0.15, 0.2) is 35.3 Å². The third-order valence-corrected chi connectivity index (χ3v) is 4.26. The Labute approximate surface area is 146 Å². The number of hydrogen-bond acceptors (Lipinski definition) is 3. The third kappa shape index (κ3) is 2.65. The second-order valence-corrected chi connectivity index (χ2v) is 6.26. The van der Waals surface area contributed by atoms with Gasteiger partial charge < -0.3 is 4.57 Å². The highest BCUT2D eigenvalue weighted by Crippen LogP contribution is 2.33. The van der Waals surface area contributed by atoms with Crippen molar-refractivity contribution in [2.24, 2.45) is 7.05 Å². The standard InChI is InChI=1S/C18H15F3N4O/c1-10(2)14-15(11-4-6-13(7-5-11)18(19,20)21)24(3)16-12(8-22)9-23-25(16)17(14)26/h4-7,9-10H,1-3H3. The number of rotatable bonds is 2. The fourth-order valence-electron chi connectivity index (χ4n) is 3.08. The molecule has 0 aliphatic heterocycles. The van der Waals surface area contributed by atoms with Gasteiger partial charge in [-0.3, -0.25) is 4.79 Å². The van der Waals surface area contributed by atoms with E-state index in [2.05, 4.69) is 5.10 Å². The molecule has 0 saturated heterocycles. The number of alkyl halides is 3. The fourth-order valence-corrected chi connectivity index (χ4v) is 3.08. The number of aromatic nitrogens is 3. The Morgan fingerprint density at radius 3 is 2.31 bits per heavy atom. The van der Waals surface area contributed by atoms with E-state index in [4.69, 9.17) is 0 Å². The monoisotopic (exact) mass is 360 g/mol. The number of fused-ring (bicyclic) bond motifs is 1. The zero-order valence-electron chi connectivity index (χ0n) is 14.3. The normalized spacial score (nSPS) is 11.9. The molecule has 5 nitrogen and oxygen atoms in total. The molecule has 8 heteroatoms. The molecule has 0 spiro atoms. The maximum absolute atomic E-state index is 12.9. The van der Waals surface area contributed by atoms with Gasteiger partial charge in [-0.1, -0.05) is 26.0 Å². The smallest absolute Gasteiger partial charge is 0.327 e. The summed E-state index contributed by atoms with van der Waals surface area (Å²) >= 11 is 0. The first-order chi connectivity index (χ1) is 12.2. The van der Waals surface area contributed by atoms with Crippen LogP contribution in [-0.4, -0.2) is 14.2 Å². The van der Waals surface area contributed by atoms with Gasteiger partial charge in [0.25, 0.3) is 5.56 Å². The lowest BCUT2D eigenvalue weighted by Gasteiger charge is -2.18. The maximum Gasteiger partial charge on any atom is 0.416 e. The van der Waals surface area contributed by atoms with E-state index in [0.29, 0.717) is 22.5 Å². The largest absolute Gasteiger partial charge is 0.416 e. The van der Waals surface area contributed by atoms with Crippen molar-refractivity contribution < 1.29 is 13.2 Å². The van der Waals surface area contributed by atoms with Crippen molar-refractivity contribution >= 4 is 5.65 Å². The average molecular weight is 360 g/mol. The molecule has 134 valence electrons. The molecule has 2 aromatic heterocycles. The molecule has 0 aliphatic carbocycles. The second-order valence-electron chi connectivity index (χ2n) is 6.26. The first kappa shape index (κ1) is 17.7. The zero-order valence-corrected chi connectivity index (χ0v) is 14.3. The van der Waals surface area contributed by atoms with Crippen molar-refractivity contribution in [1.29, 1.82) is 5.26 Å². The molecular formula is C18H15F3N4O. The van der Waals surface area contributed by atoms with Crippen molar-refractivity contribution in [3.8, 4) is 17.3 Å². The predicted molar refractivity (Wildman–Crippen MR) is 89.7 cm³/mol. The Hall–Kier alpha value is -3.08. The zero-order chi connectivity index (χ0) is 19.2. The summed E-state index contributed by atoms with van der Waals surface area (Å²) in [5.74, 6) is -0.190. The lowest BCUT2D eigenvalue weighted by molar-refractivity contribution is -0.137. The van der Waals surface area contributed by atoms with Crippen molar-refractivity contribution in [3.05, 3.63) is 57.5 Å². The van der Waals surface area contributed by atoms with E-state index < -0.39 is 11.7 Å². The first-order valence-corrected chi connectivity index (χ1v) is 7.85. The Kier molecular flexibility index (Phi) is 4.11. The van der Waals surface area contributed by atoms with E-state index in [1.807, 2.05) is 19.9 Å². The van der Waals surface area contributed by atoms with Gasteiger partial charge in [0.2, 0.25) is 0 Å². The number of aryl methyl sites for hydroxylation is 1. The van der Waals surface area contributed by atoms with Gasteiger partial charge in [-0.25, -0.2) is 0 Å². The summed E-state index contributed by atoms with van der Waals surface area (Å²) in [6.45, 7) is 3.65. The van der Waals surface area contributed by atoms with Crippen molar-refractivity contribution in [1.82, 2.24) is 14.2 Å². The molecule has 0 saturated carbocycles. The lowest BCUT2D eigenvalue weighted by Crippen LogP contribution is -2.25. The van der Waals surface area contributed by atoms with Gasteiger partial charge in [-0.05, 0) is 23.6 Å². The van der Waals surface area contributed by atoms with Crippen LogP contribution in [0, 0.1) is 11.3 Å². The summed E-state index contributed by atoms with van der Waals surface area (Å²) in [4.78, 5) is 12.9. The highest BCUT2D eigenvalue weighted by Gasteiger charge is 2.30. The topological polar surface area (TPSA) is 63.1 Å². The summed E-state index contributed by atoms with van der Waals surface area (Å²) in [5.41, 5.74) is 0.735. The third-order valence-electron chi connectivity index (χ3n) is 4.26. The highest BCUT2D eigenvalue weighted by molar-refractivity contribution is 5.69. The molecule has 0 radical (unpaired) electrons. The molecule has 3 rings (SSSR count). The van der Waals surface area contributed by atoms with Gasteiger partial charge >= 0.3 is 6.18 Å². The number of benzene rings is 1. The van der Waals surface area contributed by atoms with Crippen LogP contribution in [0.1, 0.15) is 36.5 Å². The van der Waals surface area contributed by atoms with E-state index in [-0.39, 0.29) is 17.0 Å². The van der Waals surface area contributed by atoms with Crippen LogP contribution >= 0.6 is 0 Å². The second kappa shape index (κ2) is 6.02. The van der Waals surface area contributed by atoms with Gasteiger partial charge in [0.1, 0.15) is 11.6 Å². The van der Waals surface area contributed by atoms with Gasteiger partial charge in [-0.15, -0.1) is 0 Å². The molecule has 1 aromatic carbocycles. The van der Waals surface area contributed by atoms with E-state index >= 15 is 0 Å². The predicted octanol–water partition coefficient (Wildman–Crippen LogP) is 3.71.